The third-order valence-corrected chi connectivity index (χ3v) is 4.30. The zero-order valence-electron chi connectivity index (χ0n) is 11.0. The summed E-state index contributed by atoms with van der Waals surface area (Å²) in [6.07, 6.45) is 4.43. The van der Waals surface area contributed by atoms with Gasteiger partial charge in [-0.05, 0) is 43.0 Å². The van der Waals surface area contributed by atoms with E-state index < -0.39 is 5.97 Å². The van der Waals surface area contributed by atoms with Crippen molar-refractivity contribution in [2.24, 2.45) is 0 Å². The Morgan fingerprint density at radius 2 is 2.24 bits per heavy atom. The standard InChI is InChI=1S/C15H11N3O2S/c16-8-10-6-9-2-1-3-12(9)18-14(10)21-11-4-5-17-13(7-11)15(19)20/h4-7H,1-3H2,(H,19,20). The third-order valence-electron chi connectivity index (χ3n) is 3.30. The number of aryl methyl sites for hydroxylation is 2. The van der Waals surface area contributed by atoms with Gasteiger partial charge in [-0.1, -0.05) is 11.8 Å². The van der Waals surface area contributed by atoms with E-state index in [1.807, 2.05) is 6.07 Å². The molecular formula is C15H11N3O2S. The van der Waals surface area contributed by atoms with Crippen LogP contribution in [0.2, 0.25) is 0 Å². The van der Waals surface area contributed by atoms with E-state index >= 15 is 0 Å². The van der Waals surface area contributed by atoms with Gasteiger partial charge in [0.15, 0.2) is 0 Å². The highest BCUT2D eigenvalue weighted by Crippen LogP contribution is 2.32. The van der Waals surface area contributed by atoms with Crippen LogP contribution >= 0.6 is 11.8 Å². The number of rotatable bonds is 3. The van der Waals surface area contributed by atoms with E-state index in [9.17, 15) is 10.1 Å². The van der Waals surface area contributed by atoms with E-state index in [0.29, 0.717) is 15.5 Å². The Kier molecular flexibility index (Phi) is 3.59. The van der Waals surface area contributed by atoms with Crippen LogP contribution in [-0.2, 0) is 12.8 Å². The zero-order valence-corrected chi connectivity index (χ0v) is 11.9. The molecule has 1 aliphatic carbocycles. The lowest BCUT2D eigenvalue weighted by atomic mass is 10.2. The minimum atomic E-state index is -1.07. The minimum absolute atomic E-state index is 0.0142. The maximum atomic E-state index is 10.9. The lowest BCUT2D eigenvalue weighted by Crippen LogP contribution is -1.99. The highest BCUT2D eigenvalue weighted by Gasteiger charge is 2.17. The highest BCUT2D eigenvalue weighted by atomic mass is 32.2. The number of hydrogen-bond acceptors (Lipinski definition) is 5. The highest BCUT2D eigenvalue weighted by molar-refractivity contribution is 7.99. The molecule has 0 bridgehead atoms. The van der Waals surface area contributed by atoms with Crippen LogP contribution in [0, 0.1) is 11.3 Å². The van der Waals surface area contributed by atoms with Crippen LogP contribution in [0.15, 0.2) is 34.3 Å². The molecule has 2 heterocycles. The van der Waals surface area contributed by atoms with Crippen LogP contribution in [-0.4, -0.2) is 21.0 Å². The number of nitrogens with zero attached hydrogens (tertiary/aromatic N) is 3. The molecule has 6 heteroatoms. The number of aromatic nitrogens is 2. The molecule has 5 nitrogen and oxygen atoms in total. The molecule has 104 valence electrons. The molecule has 0 radical (unpaired) electrons. The van der Waals surface area contributed by atoms with Crippen molar-refractivity contribution in [2.75, 3.05) is 0 Å². The summed E-state index contributed by atoms with van der Waals surface area (Å²) >= 11 is 1.30. The van der Waals surface area contributed by atoms with Crippen molar-refractivity contribution < 1.29 is 9.90 Å². The monoisotopic (exact) mass is 297 g/mol. The summed E-state index contributed by atoms with van der Waals surface area (Å²) in [6.45, 7) is 0. The Balaban J connectivity index is 1.96. The Morgan fingerprint density at radius 3 is 3.00 bits per heavy atom. The minimum Gasteiger partial charge on any atom is -0.477 e. The molecule has 0 spiro atoms. The number of carbonyl (C=O) groups is 1. The predicted molar refractivity (Wildman–Crippen MR) is 76.3 cm³/mol. The Bertz CT molecular complexity index is 768. The fourth-order valence-corrected chi connectivity index (χ4v) is 3.21. The zero-order chi connectivity index (χ0) is 14.8. The van der Waals surface area contributed by atoms with Crippen LogP contribution in [0.4, 0.5) is 0 Å². The summed E-state index contributed by atoms with van der Waals surface area (Å²) < 4.78 is 0. The average Bonchev–Trinajstić information content (AvgIpc) is 2.93. The third kappa shape index (κ3) is 2.73. The van der Waals surface area contributed by atoms with Crippen LogP contribution in [0.1, 0.15) is 33.7 Å². The van der Waals surface area contributed by atoms with Gasteiger partial charge >= 0.3 is 5.97 Å². The van der Waals surface area contributed by atoms with Gasteiger partial charge in [-0.25, -0.2) is 14.8 Å². The van der Waals surface area contributed by atoms with Crippen molar-refractivity contribution in [1.29, 1.82) is 5.26 Å². The normalized spacial score (nSPS) is 12.7. The van der Waals surface area contributed by atoms with Crippen molar-refractivity contribution in [3.8, 4) is 6.07 Å². The molecule has 3 rings (SSSR count). The van der Waals surface area contributed by atoms with Gasteiger partial charge in [0.1, 0.15) is 16.8 Å². The molecule has 0 atom stereocenters. The van der Waals surface area contributed by atoms with E-state index in [1.54, 1.807) is 6.07 Å². The van der Waals surface area contributed by atoms with Crippen LogP contribution in [0.5, 0.6) is 0 Å². The van der Waals surface area contributed by atoms with Gasteiger partial charge in [-0.2, -0.15) is 5.26 Å². The second kappa shape index (κ2) is 5.54. The average molecular weight is 297 g/mol. The molecule has 0 aliphatic heterocycles. The maximum Gasteiger partial charge on any atom is 0.354 e. The molecular weight excluding hydrogens is 286 g/mol. The first-order chi connectivity index (χ1) is 10.2. The first kappa shape index (κ1) is 13.6. The topological polar surface area (TPSA) is 86.9 Å². The number of carboxylic acid groups (broad SMARTS) is 1. The second-order valence-corrected chi connectivity index (χ2v) is 5.76. The van der Waals surface area contributed by atoms with E-state index in [0.717, 1.165) is 30.5 Å². The lowest BCUT2D eigenvalue weighted by Gasteiger charge is -2.07. The summed E-state index contributed by atoms with van der Waals surface area (Å²) in [5, 5.41) is 18.8. The summed E-state index contributed by atoms with van der Waals surface area (Å²) in [5.41, 5.74) is 2.72. The van der Waals surface area contributed by atoms with E-state index in [4.69, 9.17) is 5.11 Å². The molecule has 0 aromatic carbocycles. The Hall–Kier alpha value is -2.39. The molecule has 21 heavy (non-hydrogen) atoms. The van der Waals surface area contributed by atoms with Crippen LogP contribution in [0.25, 0.3) is 0 Å². The van der Waals surface area contributed by atoms with Crippen molar-refractivity contribution in [3.05, 3.63) is 46.9 Å². The summed E-state index contributed by atoms with van der Waals surface area (Å²) in [5.74, 6) is -1.07. The van der Waals surface area contributed by atoms with E-state index in [1.165, 1.54) is 24.0 Å². The number of hydrogen-bond donors (Lipinski definition) is 1. The van der Waals surface area contributed by atoms with Gasteiger partial charge in [-0.3, -0.25) is 0 Å². The number of fused-ring (bicyclic) bond motifs is 1. The Morgan fingerprint density at radius 1 is 1.38 bits per heavy atom. The molecule has 2 aromatic rings. The van der Waals surface area contributed by atoms with Gasteiger partial charge < -0.3 is 5.11 Å². The van der Waals surface area contributed by atoms with Gasteiger partial charge in [0, 0.05) is 16.8 Å². The van der Waals surface area contributed by atoms with E-state index in [2.05, 4.69) is 16.0 Å². The number of aromatic carboxylic acids is 1. The molecule has 0 fully saturated rings. The summed E-state index contributed by atoms with van der Waals surface area (Å²) in [6, 6.07) is 7.27. The number of pyridine rings is 2. The first-order valence-corrected chi connectivity index (χ1v) is 7.29. The fourth-order valence-electron chi connectivity index (χ4n) is 2.31. The molecule has 0 unspecified atom stereocenters. The lowest BCUT2D eigenvalue weighted by molar-refractivity contribution is 0.0690. The summed E-state index contributed by atoms with van der Waals surface area (Å²) in [7, 11) is 0. The van der Waals surface area contributed by atoms with Crippen LogP contribution in [0.3, 0.4) is 0 Å². The van der Waals surface area contributed by atoms with E-state index in [-0.39, 0.29) is 5.69 Å². The van der Waals surface area contributed by atoms with Crippen LogP contribution < -0.4 is 0 Å². The molecule has 1 aliphatic rings. The molecule has 0 amide bonds. The van der Waals surface area contributed by atoms with Gasteiger partial charge in [0.25, 0.3) is 0 Å². The maximum absolute atomic E-state index is 10.9. The number of nitriles is 1. The quantitative estimate of drug-likeness (QED) is 0.937. The smallest absolute Gasteiger partial charge is 0.354 e. The molecule has 0 saturated carbocycles. The molecule has 0 saturated heterocycles. The van der Waals surface area contributed by atoms with Crippen molar-refractivity contribution >= 4 is 17.7 Å². The molecule has 2 aromatic heterocycles. The van der Waals surface area contributed by atoms with Crippen molar-refractivity contribution in [2.45, 2.75) is 29.2 Å². The van der Waals surface area contributed by atoms with Crippen molar-refractivity contribution in [3.63, 3.8) is 0 Å². The Labute approximate surface area is 125 Å². The SMILES string of the molecule is N#Cc1cc2c(nc1Sc1ccnc(C(=O)O)c1)CCC2. The van der Waals surface area contributed by atoms with Gasteiger partial charge in [0.05, 0.1) is 5.56 Å². The largest absolute Gasteiger partial charge is 0.477 e. The predicted octanol–water partition coefficient (Wildman–Crippen LogP) is 2.69. The van der Waals surface area contributed by atoms with Crippen molar-refractivity contribution in [1.82, 2.24) is 9.97 Å². The molecule has 1 N–H and O–H groups in total. The summed E-state index contributed by atoms with van der Waals surface area (Å²) in [4.78, 5) is 20.0. The first-order valence-electron chi connectivity index (χ1n) is 6.47. The van der Waals surface area contributed by atoms with Gasteiger partial charge in [0.2, 0.25) is 0 Å². The number of carboxylic acids is 1. The fraction of sp³-hybridized carbons (Fsp3) is 0.200. The van der Waals surface area contributed by atoms with Gasteiger partial charge in [-0.15, -0.1) is 0 Å². The second-order valence-electron chi connectivity index (χ2n) is 4.70.